The molecule has 1 heterocycles. The maximum absolute atomic E-state index is 10.6. The van der Waals surface area contributed by atoms with Crippen LogP contribution in [0.15, 0.2) is 12.1 Å². The summed E-state index contributed by atoms with van der Waals surface area (Å²) in [6.07, 6.45) is 1.15. The molecule has 0 atom stereocenters. The molecular weight excluding hydrogens is 186 g/mol. The number of ether oxygens (including phenoxy) is 2. The van der Waals surface area contributed by atoms with Gasteiger partial charge >= 0.3 is 0 Å². The van der Waals surface area contributed by atoms with Crippen molar-refractivity contribution in [3.63, 3.8) is 0 Å². The fourth-order valence-electron chi connectivity index (χ4n) is 1.24. The number of anilines is 1. The molecule has 5 heteroatoms. The van der Waals surface area contributed by atoms with Crippen LogP contribution in [0.5, 0.6) is 11.5 Å². The Labute approximate surface area is 79.6 Å². The zero-order valence-electron chi connectivity index (χ0n) is 7.15. The summed E-state index contributed by atoms with van der Waals surface area (Å²) >= 11 is 0. The van der Waals surface area contributed by atoms with Crippen LogP contribution in [0.4, 0.5) is 5.69 Å². The first kappa shape index (κ1) is 8.55. The summed E-state index contributed by atoms with van der Waals surface area (Å²) in [4.78, 5) is 20.9. The lowest BCUT2D eigenvalue weighted by Crippen LogP contribution is -1.98. The van der Waals surface area contributed by atoms with Gasteiger partial charge in [-0.3, -0.25) is 9.59 Å². The Kier molecular flexibility index (Phi) is 2.06. The molecule has 0 radical (unpaired) electrons. The molecular formula is C9H7NO4. The van der Waals surface area contributed by atoms with Crippen LogP contribution in [-0.2, 0) is 4.79 Å². The Balaban J connectivity index is 2.48. The third kappa shape index (κ3) is 1.28. The van der Waals surface area contributed by atoms with Gasteiger partial charge < -0.3 is 14.8 Å². The van der Waals surface area contributed by atoms with Crippen molar-refractivity contribution in [2.24, 2.45) is 0 Å². The molecule has 0 saturated heterocycles. The Bertz CT molecular complexity index is 389. The average Bonchev–Trinajstić information content (AvgIpc) is 2.64. The summed E-state index contributed by atoms with van der Waals surface area (Å²) in [5, 5.41) is 2.41. The van der Waals surface area contributed by atoms with Crippen LogP contribution in [-0.4, -0.2) is 19.5 Å². The van der Waals surface area contributed by atoms with Crippen molar-refractivity contribution in [3.05, 3.63) is 17.7 Å². The van der Waals surface area contributed by atoms with E-state index in [1.54, 1.807) is 6.07 Å². The highest BCUT2D eigenvalue weighted by Crippen LogP contribution is 2.36. The second kappa shape index (κ2) is 3.37. The molecule has 0 saturated carbocycles. The van der Waals surface area contributed by atoms with Gasteiger partial charge in [0, 0.05) is 11.6 Å². The Morgan fingerprint density at radius 3 is 2.57 bits per heavy atom. The van der Waals surface area contributed by atoms with Gasteiger partial charge in [0.1, 0.15) is 0 Å². The molecule has 0 aliphatic carbocycles. The highest BCUT2D eigenvalue weighted by Gasteiger charge is 2.16. The summed E-state index contributed by atoms with van der Waals surface area (Å²) in [5.41, 5.74) is 0.778. The Morgan fingerprint density at radius 2 is 1.93 bits per heavy atom. The number of carbonyl (C=O) groups excluding carboxylic acids is 2. The zero-order chi connectivity index (χ0) is 9.97. The van der Waals surface area contributed by atoms with E-state index < -0.39 is 0 Å². The van der Waals surface area contributed by atoms with Gasteiger partial charge in [-0.05, 0) is 6.07 Å². The predicted molar refractivity (Wildman–Crippen MR) is 47.6 cm³/mol. The minimum atomic E-state index is 0.137. The van der Waals surface area contributed by atoms with Gasteiger partial charge in [0.25, 0.3) is 0 Å². The van der Waals surface area contributed by atoms with Gasteiger partial charge in [-0.2, -0.15) is 0 Å². The van der Waals surface area contributed by atoms with Crippen molar-refractivity contribution < 1.29 is 19.1 Å². The minimum absolute atomic E-state index is 0.137. The first-order valence-electron chi connectivity index (χ1n) is 3.94. The van der Waals surface area contributed by atoms with E-state index in [2.05, 4.69) is 5.32 Å². The molecule has 1 N–H and O–H groups in total. The fourth-order valence-corrected chi connectivity index (χ4v) is 1.24. The Morgan fingerprint density at radius 1 is 1.21 bits per heavy atom. The van der Waals surface area contributed by atoms with E-state index in [0.717, 1.165) is 0 Å². The molecule has 1 aromatic carbocycles. The second-order valence-corrected chi connectivity index (χ2v) is 2.67. The third-order valence-electron chi connectivity index (χ3n) is 1.89. The molecule has 0 fully saturated rings. The summed E-state index contributed by atoms with van der Waals surface area (Å²) in [6.45, 7) is 0.137. The topological polar surface area (TPSA) is 64.6 Å². The van der Waals surface area contributed by atoms with Gasteiger partial charge in [-0.25, -0.2) is 0 Å². The van der Waals surface area contributed by atoms with Crippen LogP contribution in [0.2, 0.25) is 0 Å². The quantitative estimate of drug-likeness (QED) is 0.721. The monoisotopic (exact) mass is 193 g/mol. The van der Waals surface area contributed by atoms with E-state index >= 15 is 0 Å². The molecule has 72 valence electrons. The highest BCUT2D eigenvalue weighted by molar-refractivity contribution is 5.90. The lowest BCUT2D eigenvalue weighted by Gasteiger charge is -2.04. The van der Waals surface area contributed by atoms with E-state index in [1.807, 2.05) is 0 Å². The van der Waals surface area contributed by atoms with E-state index in [-0.39, 0.29) is 6.79 Å². The van der Waals surface area contributed by atoms with E-state index in [4.69, 9.17) is 9.47 Å². The molecule has 0 aromatic heterocycles. The minimum Gasteiger partial charge on any atom is -0.454 e. The number of aldehydes is 1. The van der Waals surface area contributed by atoms with Crippen molar-refractivity contribution in [1.29, 1.82) is 0 Å². The normalized spacial score (nSPS) is 12.3. The summed E-state index contributed by atoms with van der Waals surface area (Å²) in [5.74, 6) is 1.04. The van der Waals surface area contributed by atoms with Crippen LogP contribution in [0, 0.1) is 0 Å². The van der Waals surface area contributed by atoms with Crippen LogP contribution < -0.4 is 14.8 Å². The van der Waals surface area contributed by atoms with Crippen LogP contribution in [0.25, 0.3) is 0 Å². The molecule has 0 bridgehead atoms. The molecule has 1 aromatic rings. The van der Waals surface area contributed by atoms with Gasteiger partial charge in [0.05, 0.1) is 5.69 Å². The number of fused-ring (bicyclic) bond motifs is 1. The van der Waals surface area contributed by atoms with E-state index in [0.29, 0.717) is 35.4 Å². The number of benzene rings is 1. The predicted octanol–water partition coefficient (Wildman–Crippen LogP) is 0.796. The van der Waals surface area contributed by atoms with Crippen molar-refractivity contribution in [2.45, 2.75) is 0 Å². The average molecular weight is 193 g/mol. The first-order chi connectivity index (χ1) is 6.85. The summed E-state index contributed by atoms with van der Waals surface area (Å²) in [6, 6.07) is 3.08. The number of nitrogens with one attached hydrogen (secondary N) is 1. The maximum Gasteiger partial charge on any atom is 0.231 e. The van der Waals surface area contributed by atoms with Crippen LogP contribution in [0.1, 0.15) is 10.4 Å². The molecule has 1 amide bonds. The molecule has 1 aliphatic rings. The molecule has 5 nitrogen and oxygen atoms in total. The number of hydrogen-bond donors (Lipinski definition) is 1. The fraction of sp³-hybridized carbons (Fsp3) is 0.111. The second-order valence-electron chi connectivity index (χ2n) is 2.67. The van der Waals surface area contributed by atoms with Crippen molar-refractivity contribution in [2.75, 3.05) is 12.1 Å². The lowest BCUT2D eigenvalue weighted by atomic mass is 10.1. The molecule has 1 aliphatic heterocycles. The largest absolute Gasteiger partial charge is 0.454 e. The number of amides is 1. The van der Waals surface area contributed by atoms with Crippen molar-refractivity contribution in [1.82, 2.24) is 0 Å². The molecule has 0 spiro atoms. The number of rotatable bonds is 3. The third-order valence-corrected chi connectivity index (χ3v) is 1.89. The number of hydrogen-bond acceptors (Lipinski definition) is 4. The van der Waals surface area contributed by atoms with Gasteiger partial charge in [0.2, 0.25) is 13.2 Å². The SMILES string of the molecule is O=CNc1cc2c(cc1C=O)OCO2. The molecule has 14 heavy (non-hydrogen) atoms. The number of carbonyl (C=O) groups is 2. The summed E-state index contributed by atoms with van der Waals surface area (Å²) in [7, 11) is 0. The highest BCUT2D eigenvalue weighted by atomic mass is 16.7. The molecule has 2 rings (SSSR count). The maximum atomic E-state index is 10.6. The summed E-state index contributed by atoms with van der Waals surface area (Å²) < 4.78 is 10.2. The van der Waals surface area contributed by atoms with Gasteiger partial charge in [0.15, 0.2) is 17.8 Å². The van der Waals surface area contributed by atoms with E-state index in [9.17, 15) is 9.59 Å². The van der Waals surface area contributed by atoms with Crippen molar-refractivity contribution in [3.8, 4) is 11.5 Å². The zero-order valence-corrected chi connectivity index (χ0v) is 7.15. The standard InChI is InChI=1S/C9H7NO4/c11-3-6-1-8-9(14-5-13-8)2-7(6)10-4-12/h1-4H,5H2,(H,10,12). The van der Waals surface area contributed by atoms with Crippen LogP contribution in [0.3, 0.4) is 0 Å². The smallest absolute Gasteiger partial charge is 0.231 e. The first-order valence-corrected chi connectivity index (χ1v) is 3.94. The Hall–Kier alpha value is -2.04. The van der Waals surface area contributed by atoms with E-state index in [1.165, 1.54) is 6.07 Å². The van der Waals surface area contributed by atoms with Gasteiger partial charge in [-0.1, -0.05) is 0 Å². The lowest BCUT2D eigenvalue weighted by molar-refractivity contribution is -0.105. The molecule has 0 unspecified atom stereocenters. The van der Waals surface area contributed by atoms with Gasteiger partial charge in [-0.15, -0.1) is 0 Å². The van der Waals surface area contributed by atoms with Crippen molar-refractivity contribution >= 4 is 18.4 Å². The van der Waals surface area contributed by atoms with Crippen LogP contribution >= 0.6 is 0 Å².